The number of nitrogens with zero attached hydrogens (tertiary/aromatic N) is 3. The Morgan fingerprint density at radius 2 is 0.523 bits per heavy atom. The fourth-order valence-corrected chi connectivity index (χ4v) is 6.08. The Bertz CT molecular complexity index is 1760. The summed E-state index contributed by atoms with van der Waals surface area (Å²) in [6, 6.07) is 46.1. The smallest absolute Gasteiger partial charge is 0.115 e. The highest BCUT2D eigenvalue weighted by molar-refractivity contribution is 5.70. The van der Waals surface area contributed by atoms with Crippen molar-refractivity contribution in [2.75, 3.05) is 0 Å². The van der Waals surface area contributed by atoms with E-state index >= 15 is 0 Å². The van der Waals surface area contributed by atoms with Crippen molar-refractivity contribution in [1.82, 2.24) is 15.0 Å². The lowest BCUT2D eigenvalue weighted by atomic mass is 9.64. The highest BCUT2D eigenvalue weighted by Gasteiger charge is 2.38. The van der Waals surface area contributed by atoms with Gasteiger partial charge in [0.05, 0.1) is 5.41 Å². The van der Waals surface area contributed by atoms with Crippen molar-refractivity contribution in [1.29, 1.82) is 0 Å². The second-order valence-electron chi connectivity index (χ2n) is 10.7. The van der Waals surface area contributed by atoms with Crippen LogP contribution in [0.1, 0.15) is 22.3 Å². The van der Waals surface area contributed by atoms with Crippen molar-refractivity contribution in [3.63, 3.8) is 0 Å². The van der Waals surface area contributed by atoms with Crippen molar-refractivity contribution in [2.45, 2.75) is 5.41 Å². The summed E-state index contributed by atoms with van der Waals surface area (Å²) in [4.78, 5) is 12.6. The highest BCUT2D eigenvalue weighted by Crippen LogP contribution is 2.46. The normalized spacial score (nSPS) is 11.3. The van der Waals surface area contributed by atoms with Crippen LogP contribution in [0.4, 0.5) is 0 Å². The quantitative estimate of drug-likeness (QED) is 0.195. The lowest BCUT2D eigenvalue weighted by Gasteiger charge is -2.37. The SMILES string of the molecule is Oc1ccc(C(c2ccc(-c3ccncc3)cc2)(c2ccc(-c3ccncc3)cc2)c2ccc(-c3ccncc3)cc2)cc1. The van der Waals surface area contributed by atoms with Gasteiger partial charge in [-0.3, -0.25) is 15.0 Å². The van der Waals surface area contributed by atoms with E-state index in [0.29, 0.717) is 0 Å². The molecule has 0 aliphatic rings. The molecule has 4 heteroatoms. The van der Waals surface area contributed by atoms with Crippen LogP contribution in [0, 0.1) is 0 Å². The van der Waals surface area contributed by atoms with Gasteiger partial charge in [-0.2, -0.15) is 0 Å². The molecule has 3 aromatic heterocycles. The maximum atomic E-state index is 10.3. The van der Waals surface area contributed by atoms with Crippen LogP contribution in [0.25, 0.3) is 33.4 Å². The van der Waals surface area contributed by atoms with E-state index in [4.69, 9.17) is 0 Å². The maximum Gasteiger partial charge on any atom is 0.115 e. The minimum absolute atomic E-state index is 0.233. The van der Waals surface area contributed by atoms with Crippen LogP contribution < -0.4 is 0 Å². The molecule has 1 N–H and O–H groups in total. The summed E-state index contributed by atoms with van der Waals surface area (Å²) in [6.45, 7) is 0. The third kappa shape index (κ3) is 5.03. The molecular weight excluding hydrogens is 538 g/mol. The minimum atomic E-state index is -0.669. The lowest BCUT2D eigenvalue weighted by molar-refractivity contribution is 0.475. The molecule has 0 bridgehead atoms. The van der Waals surface area contributed by atoms with Crippen molar-refractivity contribution >= 4 is 0 Å². The third-order valence-corrected chi connectivity index (χ3v) is 8.30. The molecule has 44 heavy (non-hydrogen) atoms. The van der Waals surface area contributed by atoms with Crippen molar-refractivity contribution in [3.8, 4) is 39.1 Å². The Hall–Kier alpha value is -5.87. The highest BCUT2D eigenvalue weighted by atomic mass is 16.3. The Morgan fingerprint density at radius 3 is 0.795 bits per heavy atom. The zero-order valence-corrected chi connectivity index (χ0v) is 24.0. The Balaban J connectivity index is 1.45. The molecule has 0 unspecified atom stereocenters. The molecule has 4 nitrogen and oxygen atoms in total. The van der Waals surface area contributed by atoms with E-state index in [-0.39, 0.29) is 5.75 Å². The first-order valence-electron chi connectivity index (χ1n) is 14.5. The fourth-order valence-electron chi connectivity index (χ4n) is 6.08. The van der Waals surface area contributed by atoms with Crippen LogP contribution in [0.5, 0.6) is 5.75 Å². The van der Waals surface area contributed by atoms with Gasteiger partial charge in [0, 0.05) is 37.2 Å². The van der Waals surface area contributed by atoms with Gasteiger partial charge >= 0.3 is 0 Å². The number of aromatic hydroxyl groups is 1. The maximum absolute atomic E-state index is 10.3. The monoisotopic (exact) mass is 567 g/mol. The van der Waals surface area contributed by atoms with E-state index in [1.165, 1.54) is 0 Å². The van der Waals surface area contributed by atoms with E-state index in [2.05, 4.69) is 87.7 Å². The molecule has 0 amide bonds. The summed E-state index contributed by atoms with van der Waals surface area (Å²) in [7, 11) is 0. The number of aromatic nitrogens is 3. The third-order valence-electron chi connectivity index (χ3n) is 8.30. The Morgan fingerprint density at radius 1 is 0.295 bits per heavy atom. The lowest BCUT2D eigenvalue weighted by Crippen LogP contribution is -2.31. The summed E-state index contributed by atoms with van der Waals surface area (Å²) in [5.41, 5.74) is 10.5. The molecule has 210 valence electrons. The molecule has 0 fully saturated rings. The number of hydrogen-bond donors (Lipinski definition) is 1. The average Bonchev–Trinajstić information content (AvgIpc) is 3.11. The number of rotatable bonds is 7. The molecule has 3 heterocycles. The second-order valence-corrected chi connectivity index (χ2v) is 10.7. The predicted octanol–water partition coefficient (Wildman–Crippen LogP) is 8.96. The number of pyridine rings is 3. The standard InChI is InChI=1S/C40H29N3O/c44-39-15-13-38(14-16-39)40(35-7-1-29(2-8-35)32-17-23-41-24-18-32,36-9-3-30(4-10-36)33-19-25-42-26-20-33)37-11-5-31(6-12-37)34-21-27-43-28-22-34/h1-28,44H. The van der Waals surface area contributed by atoms with Crippen LogP contribution in [-0.4, -0.2) is 20.1 Å². The molecule has 0 saturated carbocycles. The first-order chi connectivity index (χ1) is 21.7. The van der Waals surface area contributed by atoms with Crippen molar-refractivity contribution in [3.05, 3.63) is 193 Å². The van der Waals surface area contributed by atoms with E-state index < -0.39 is 5.41 Å². The molecule has 7 aromatic rings. The van der Waals surface area contributed by atoms with Gasteiger partial charge in [-0.25, -0.2) is 0 Å². The molecule has 0 atom stereocenters. The van der Waals surface area contributed by atoms with Gasteiger partial charge in [0.1, 0.15) is 5.75 Å². The summed E-state index contributed by atoms with van der Waals surface area (Å²) in [5, 5.41) is 10.3. The van der Waals surface area contributed by atoms with Gasteiger partial charge in [-0.1, -0.05) is 84.9 Å². The van der Waals surface area contributed by atoms with E-state index in [1.807, 2.05) is 85.7 Å². The largest absolute Gasteiger partial charge is 0.508 e. The second kappa shape index (κ2) is 11.8. The van der Waals surface area contributed by atoms with E-state index in [9.17, 15) is 5.11 Å². The molecule has 0 saturated heterocycles. The van der Waals surface area contributed by atoms with Crippen molar-refractivity contribution in [2.24, 2.45) is 0 Å². The number of phenolic OH excluding ortho intramolecular Hbond substituents is 1. The summed E-state index contributed by atoms with van der Waals surface area (Å²) >= 11 is 0. The molecule has 0 spiro atoms. The fraction of sp³-hybridized carbons (Fsp3) is 0.0250. The van der Waals surface area contributed by atoms with Gasteiger partial charge < -0.3 is 5.11 Å². The van der Waals surface area contributed by atoms with Gasteiger partial charge in [0.2, 0.25) is 0 Å². The number of benzene rings is 4. The summed E-state index contributed by atoms with van der Waals surface area (Å²) < 4.78 is 0. The van der Waals surface area contributed by atoms with Crippen LogP contribution >= 0.6 is 0 Å². The Kier molecular flexibility index (Phi) is 7.23. The van der Waals surface area contributed by atoms with Crippen LogP contribution in [-0.2, 0) is 5.41 Å². The van der Waals surface area contributed by atoms with Gasteiger partial charge in [-0.05, 0) is 104 Å². The zero-order valence-electron chi connectivity index (χ0n) is 24.0. The summed E-state index contributed by atoms with van der Waals surface area (Å²) in [5.74, 6) is 0.233. The van der Waals surface area contributed by atoms with Gasteiger partial charge in [0.25, 0.3) is 0 Å². The van der Waals surface area contributed by atoms with Gasteiger partial charge in [0.15, 0.2) is 0 Å². The van der Waals surface area contributed by atoms with Crippen LogP contribution in [0.15, 0.2) is 171 Å². The van der Waals surface area contributed by atoms with Crippen LogP contribution in [0.2, 0.25) is 0 Å². The Labute approximate surface area is 257 Å². The molecule has 0 aliphatic carbocycles. The minimum Gasteiger partial charge on any atom is -0.508 e. The molecule has 0 radical (unpaired) electrons. The molecule has 4 aromatic carbocycles. The number of phenols is 1. The topological polar surface area (TPSA) is 58.9 Å². The predicted molar refractivity (Wildman–Crippen MR) is 176 cm³/mol. The zero-order chi connectivity index (χ0) is 29.8. The first kappa shape index (κ1) is 27.0. The van der Waals surface area contributed by atoms with E-state index in [1.54, 1.807) is 12.1 Å². The average molecular weight is 568 g/mol. The first-order valence-corrected chi connectivity index (χ1v) is 14.5. The van der Waals surface area contributed by atoms with Crippen LogP contribution in [0.3, 0.4) is 0 Å². The molecular formula is C40H29N3O. The number of hydrogen-bond acceptors (Lipinski definition) is 4. The molecule has 7 rings (SSSR count). The molecule has 0 aliphatic heterocycles. The van der Waals surface area contributed by atoms with E-state index in [0.717, 1.165) is 55.6 Å². The summed E-state index contributed by atoms with van der Waals surface area (Å²) in [6.07, 6.45) is 10.9. The van der Waals surface area contributed by atoms with Crippen molar-refractivity contribution < 1.29 is 5.11 Å². The van der Waals surface area contributed by atoms with Gasteiger partial charge in [-0.15, -0.1) is 0 Å².